The molecule has 0 unspecified atom stereocenters. The van der Waals surface area contributed by atoms with Gasteiger partial charge in [-0.2, -0.15) is 5.10 Å². The molecule has 5 heteroatoms. The van der Waals surface area contributed by atoms with Crippen LogP contribution in [-0.2, 0) is 18.3 Å². The minimum Gasteiger partial charge on any atom is -0.481 e. The van der Waals surface area contributed by atoms with Gasteiger partial charge in [-0.25, -0.2) is 0 Å². The van der Waals surface area contributed by atoms with Crippen LogP contribution in [0.25, 0.3) is 0 Å². The molecular formula is C15H23BrN2O2. The number of aryl methyl sites for hydroxylation is 2. The summed E-state index contributed by atoms with van der Waals surface area (Å²) in [5, 5.41) is 14.1. The van der Waals surface area contributed by atoms with Gasteiger partial charge >= 0.3 is 5.97 Å². The van der Waals surface area contributed by atoms with Crippen LogP contribution in [0.4, 0.5) is 0 Å². The van der Waals surface area contributed by atoms with Crippen LogP contribution < -0.4 is 0 Å². The van der Waals surface area contributed by atoms with Crippen LogP contribution in [0.5, 0.6) is 0 Å². The SMILES string of the molecule is CCC1CCC(Cc2c(Br)c(C)nn2C)(C(=O)O)CC1. The van der Waals surface area contributed by atoms with Crippen molar-refractivity contribution in [1.82, 2.24) is 9.78 Å². The average Bonchev–Trinajstić information content (AvgIpc) is 2.66. The predicted molar refractivity (Wildman–Crippen MR) is 81.7 cm³/mol. The van der Waals surface area contributed by atoms with E-state index in [1.54, 1.807) is 0 Å². The summed E-state index contributed by atoms with van der Waals surface area (Å²) in [7, 11) is 1.89. The fourth-order valence-corrected chi connectivity index (χ4v) is 3.77. The Morgan fingerprint density at radius 3 is 2.50 bits per heavy atom. The number of carboxylic acid groups (broad SMARTS) is 1. The van der Waals surface area contributed by atoms with E-state index in [0.29, 0.717) is 12.3 Å². The molecular weight excluding hydrogens is 320 g/mol. The highest BCUT2D eigenvalue weighted by molar-refractivity contribution is 9.10. The number of rotatable bonds is 4. The largest absolute Gasteiger partial charge is 0.481 e. The minimum absolute atomic E-state index is 0.566. The highest BCUT2D eigenvalue weighted by Crippen LogP contribution is 2.43. The molecule has 1 N–H and O–H groups in total. The minimum atomic E-state index is -0.655. The molecule has 0 aliphatic heterocycles. The van der Waals surface area contributed by atoms with Gasteiger partial charge in [0.05, 0.1) is 21.3 Å². The third-order valence-electron chi connectivity index (χ3n) is 4.86. The number of nitrogens with zero attached hydrogens (tertiary/aromatic N) is 2. The number of carbonyl (C=O) groups is 1. The predicted octanol–water partition coefficient (Wildman–Crippen LogP) is 3.70. The summed E-state index contributed by atoms with van der Waals surface area (Å²) < 4.78 is 2.77. The third kappa shape index (κ3) is 2.78. The van der Waals surface area contributed by atoms with Crippen molar-refractivity contribution < 1.29 is 9.90 Å². The van der Waals surface area contributed by atoms with Crippen molar-refractivity contribution in [3.8, 4) is 0 Å². The third-order valence-corrected chi connectivity index (χ3v) is 5.89. The maximum Gasteiger partial charge on any atom is 0.310 e. The van der Waals surface area contributed by atoms with Gasteiger partial charge < -0.3 is 5.11 Å². The maximum absolute atomic E-state index is 11.9. The van der Waals surface area contributed by atoms with E-state index in [0.717, 1.165) is 48.0 Å². The van der Waals surface area contributed by atoms with Crippen molar-refractivity contribution in [2.45, 2.75) is 52.4 Å². The standard InChI is InChI=1S/C15H23BrN2O2/c1-4-11-5-7-15(8-6-11,14(19)20)9-12-13(16)10(2)17-18(12)3/h11H,4-9H2,1-3H3,(H,19,20). The number of aliphatic carboxylic acids is 1. The lowest BCUT2D eigenvalue weighted by atomic mass is 9.67. The van der Waals surface area contributed by atoms with E-state index in [9.17, 15) is 9.90 Å². The van der Waals surface area contributed by atoms with Gasteiger partial charge in [0.25, 0.3) is 0 Å². The van der Waals surface area contributed by atoms with E-state index < -0.39 is 11.4 Å². The van der Waals surface area contributed by atoms with Crippen LogP contribution >= 0.6 is 15.9 Å². The molecule has 0 saturated heterocycles. The molecule has 4 nitrogen and oxygen atoms in total. The molecule has 1 heterocycles. The lowest BCUT2D eigenvalue weighted by molar-refractivity contribution is -0.151. The van der Waals surface area contributed by atoms with Crippen molar-refractivity contribution in [3.63, 3.8) is 0 Å². The van der Waals surface area contributed by atoms with E-state index in [4.69, 9.17) is 0 Å². The Morgan fingerprint density at radius 2 is 2.10 bits per heavy atom. The highest BCUT2D eigenvalue weighted by Gasteiger charge is 2.42. The summed E-state index contributed by atoms with van der Waals surface area (Å²) in [6, 6.07) is 0. The molecule has 0 spiro atoms. The van der Waals surface area contributed by atoms with Crippen molar-refractivity contribution >= 4 is 21.9 Å². The zero-order valence-electron chi connectivity index (χ0n) is 12.4. The van der Waals surface area contributed by atoms with Gasteiger partial charge in [-0.3, -0.25) is 9.48 Å². The second kappa shape index (κ2) is 5.88. The Hall–Kier alpha value is -0.840. The van der Waals surface area contributed by atoms with Gasteiger partial charge in [0.15, 0.2) is 0 Å². The summed E-state index contributed by atoms with van der Waals surface area (Å²) in [5.74, 6) is 0.0389. The number of hydrogen-bond acceptors (Lipinski definition) is 2. The van der Waals surface area contributed by atoms with E-state index in [1.807, 2.05) is 18.7 Å². The second-order valence-electron chi connectivity index (χ2n) is 6.08. The molecule has 0 bridgehead atoms. The van der Waals surface area contributed by atoms with Gasteiger partial charge in [0.1, 0.15) is 0 Å². The van der Waals surface area contributed by atoms with Crippen molar-refractivity contribution in [3.05, 3.63) is 15.9 Å². The van der Waals surface area contributed by atoms with Crippen LogP contribution in [0.15, 0.2) is 4.47 Å². The molecule has 1 aliphatic rings. The molecule has 0 radical (unpaired) electrons. The molecule has 1 aromatic rings. The zero-order valence-corrected chi connectivity index (χ0v) is 14.0. The first-order valence-corrected chi connectivity index (χ1v) is 8.10. The van der Waals surface area contributed by atoms with Gasteiger partial charge in [-0.05, 0) is 54.5 Å². The molecule has 2 rings (SSSR count). The monoisotopic (exact) mass is 342 g/mol. The summed E-state index contributed by atoms with van der Waals surface area (Å²) in [4.78, 5) is 11.9. The first-order chi connectivity index (χ1) is 9.39. The molecule has 1 fully saturated rings. The van der Waals surface area contributed by atoms with Crippen LogP contribution in [0, 0.1) is 18.3 Å². The Bertz CT molecular complexity index is 502. The van der Waals surface area contributed by atoms with Gasteiger partial charge in [-0.1, -0.05) is 13.3 Å². The topological polar surface area (TPSA) is 55.1 Å². The van der Waals surface area contributed by atoms with E-state index in [1.165, 1.54) is 0 Å². The van der Waals surface area contributed by atoms with Crippen LogP contribution in [0.1, 0.15) is 50.4 Å². The quantitative estimate of drug-likeness (QED) is 0.907. The Balaban J connectivity index is 2.25. The van der Waals surface area contributed by atoms with Crippen LogP contribution in [0.2, 0.25) is 0 Å². The first-order valence-electron chi connectivity index (χ1n) is 7.31. The fourth-order valence-electron chi connectivity index (χ4n) is 3.30. The first kappa shape index (κ1) is 15.5. The summed E-state index contributed by atoms with van der Waals surface area (Å²) >= 11 is 3.55. The second-order valence-corrected chi connectivity index (χ2v) is 6.88. The molecule has 1 aromatic heterocycles. The van der Waals surface area contributed by atoms with Crippen LogP contribution in [-0.4, -0.2) is 20.9 Å². The maximum atomic E-state index is 11.9. The van der Waals surface area contributed by atoms with Crippen molar-refractivity contribution in [1.29, 1.82) is 0 Å². The summed E-state index contributed by atoms with van der Waals surface area (Å²) in [6.07, 6.45) is 5.32. The van der Waals surface area contributed by atoms with E-state index in [-0.39, 0.29) is 0 Å². The van der Waals surface area contributed by atoms with E-state index in [2.05, 4.69) is 28.0 Å². The summed E-state index contributed by atoms with van der Waals surface area (Å²) in [5.41, 5.74) is 1.30. The molecule has 0 atom stereocenters. The number of aromatic nitrogens is 2. The molecule has 0 amide bonds. The Morgan fingerprint density at radius 1 is 1.50 bits per heavy atom. The Labute approximate surface area is 128 Å². The zero-order chi connectivity index (χ0) is 14.9. The van der Waals surface area contributed by atoms with Gasteiger partial charge in [0, 0.05) is 13.5 Å². The lowest BCUT2D eigenvalue weighted by Crippen LogP contribution is -2.38. The average molecular weight is 343 g/mol. The smallest absolute Gasteiger partial charge is 0.310 e. The molecule has 112 valence electrons. The van der Waals surface area contributed by atoms with Crippen molar-refractivity contribution in [2.24, 2.45) is 18.4 Å². The lowest BCUT2D eigenvalue weighted by Gasteiger charge is -2.36. The van der Waals surface area contributed by atoms with Crippen molar-refractivity contribution in [2.75, 3.05) is 0 Å². The fraction of sp³-hybridized carbons (Fsp3) is 0.733. The molecule has 1 aliphatic carbocycles. The highest BCUT2D eigenvalue weighted by atomic mass is 79.9. The normalized spacial score (nSPS) is 26.7. The Kier molecular flexibility index (Phi) is 4.57. The summed E-state index contributed by atoms with van der Waals surface area (Å²) in [6.45, 7) is 4.13. The molecule has 0 aromatic carbocycles. The van der Waals surface area contributed by atoms with Crippen LogP contribution in [0.3, 0.4) is 0 Å². The number of halogens is 1. The van der Waals surface area contributed by atoms with Gasteiger partial charge in [-0.15, -0.1) is 0 Å². The molecule has 1 saturated carbocycles. The molecule has 20 heavy (non-hydrogen) atoms. The number of hydrogen-bond donors (Lipinski definition) is 1. The van der Waals surface area contributed by atoms with Gasteiger partial charge in [0.2, 0.25) is 0 Å². The number of carboxylic acids is 1. The van der Waals surface area contributed by atoms with E-state index >= 15 is 0 Å².